The summed E-state index contributed by atoms with van der Waals surface area (Å²) in [6.45, 7) is 7.13. The molecule has 21 heavy (non-hydrogen) atoms. The molecule has 1 aromatic rings. The van der Waals surface area contributed by atoms with Crippen LogP contribution in [0, 0.1) is 0 Å². The summed E-state index contributed by atoms with van der Waals surface area (Å²) >= 11 is 0. The van der Waals surface area contributed by atoms with Crippen LogP contribution in [0.15, 0.2) is 24.3 Å². The van der Waals surface area contributed by atoms with E-state index in [1.807, 2.05) is 17.0 Å². The Morgan fingerprint density at radius 3 is 2.76 bits per heavy atom. The molecule has 1 aliphatic rings. The van der Waals surface area contributed by atoms with Crippen molar-refractivity contribution in [3.05, 3.63) is 29.8 Å². The Kier molecular flexibility index (Phi) is 5.90. The predicted octanol–water partition coefficient (Wildman–Crippen LogP) is 3.38. The highest BCUT2D eigenvalue weighted by molar-refractivity contribution is 5.74. The van der Waals surface area contributed by atoms with Crippen LogP contribution >= 0.6 is 0 Å². The molecule has 0 unspecified atom stereocenters. The van der Waals surface area contributed by atoms with E-state index in [0.717, 1.165) is 31.7 Å². The average Bonchev–Trinajstić information content (AvgIpc) is 2.52. The van der Waals surface area contributed by atoms with Gasteiger partial charge in [0.05, 0.1) is 6.54 Å². The topological polar surface area (TPSA) is 41.6 Å². The lowest BCUT2D eigenvalue weighted by atomic mass is 10.0. The number of hydrogen-bond acceptors (Lipinski definition) is 2. The zero-order chi connectivity index (χ0) is 15.1. The molecule has 0 radical (unpaired) electrons. The van der Waals surface area contributed by atoms with E-state index in [-0.39, 0.29) is 6.03 Å². The van der Waals surface area contributed by atoms with E-state index in [1.165, 1.54) is 12.0 Å². The number of amides is 2. The quantitative estimate of drug-likeness (QED) is 0.845. The molecular weight excluding hydrogens is 264 g/mol. The molecule has 0 saturated carbocycles. The second-order valence-electron chi connectivity index (χ2n) is 5.86. The number of hydrogen-bond donors (Lipinski definition) is 1. The van der Waals surface area contributed by atoms with Gasteiger partial charge in [-0.15, -0.1) is 0 Å². The van der Waals surface area contributed by atoms with E-state index >= 15 is 0 Å². The van der Waals surface area contributed by atoms with E-state index in [0.29, 0.717) is 19.1 Å². The Balaban J connectivity index is 1.69. The minimum Gasteiger partial charge on any atom is -0.492 e. The van der Waals surface area contributed by atoms with Gasteiger partial charge in [0.25, 0.3) is 0 Å². The first-order valence-corrected chi connectivity index (χ1v) is 7.92. The molecule has 0 aromatic heterocycles. The van der Waals surface area contributed by atoms with Gasteiger partial charge in [0.2, 0.25) is 0 Å². The highest BCUT2D eigenvalue weighted by Gasteiger charge is 2.15. The number of benzene rings is 1. The van der Waals surface area contributed by atoms with Crippen LogP contribution in [0.4, 0.5) is 4.79 Å². The van der Waals surface area contributed by atoms with E-state index in [4.69, 9.17) is 4.74 Å². The first-order valence-electron chi connectivity index (χ1n) is 7.92. The van der Waals surface area contributed by atoms with Crippen molar-refractivity contribution in [1.29, 1.82) is 0 Å². The highest BCUT2D eigenvalue weighted by Crippen LogP contribution is 2.19. The molecule has 1 fully saturated rings. The second-order valence-corrected chi connectivity index (χ2v) is 5.86. The van der Waals surface area contributed by atoms with E-state index in [2.05, 4.69) is 31.3 Å². The van der Waals surface area contributed by atoms with Gasteiger partial charge in [0.1, 0.15) is 12.4 Å². The summed E-state index contributed by atoms with van der Waals surface area (Å²) in [6.07, 6.45) is 3.47. The van der Waals surface area contributed by atoms with Crippen LogP contribution in [0.5, 0.6) is 5.75 Å². The van der Waals surface area contributed by atoms with Gasteiger partial charge in [-0.05, 0) is 42.9 Å². The zero-order valence-corrected chi connectivity index (χ0v) is 13.1. The predicted molar refractivity (Wildman–Crippen MR) is 84.8 cm³/mol. The molecule has 1 aliphatic heterocycles. The van der Waals surface area contributed by atoms with E-state index in [1.54, 1.807) is 0 Å². The van der Waals surface area contributed by atoms with Gasteiger partial charge in [0, 0.05) is 13.1 Å². The summed E-state index contributed by atoms with van der Waals surface area (Å²) in [6, 6.07) is 8.18. The maximum atomic E-state index is 11.9. The van der Waals surface area contributed by atoms with Crippen LogP contribution in [-0.2, 0) is 0 Å². The Morgan fingerprint density at radius 1 is 1.29 bits per heavy atom. The van der Waals surface area contributed by atoms with Crippen molar-refractivity contribution in [2.45, 2.75) is 39.0 Å². The van der Waals surface area contributed by atoms with Crippen LogP contribution in [0.2, 0.25) is 0 Å². The van der Waals surface area contributed by atoms with Crippen molar-refractivity contribution in [1.82, 2.24) is 10.2 Å². The number of piperidine rings is 1. The minimum atomic E-state index is 0.0363. The van der Waals surface area contributed by atoms with Gasteiger partial charge in [0.15, 0.2) is 0 Å². The summed E-state index contributed by atoms with van der Waals surface area (Å²) in [7, 11) is 0. The maximum absolute atomic E-state index is 11.9. The largest absolute Gasteiger partial charge is 0.492 e. The molecule has 1 aromatic carbocycles. The van der Waals surface area contributed by atoms with Gasteiger partial charge in [-0.25, -0.2) is 4.79 Å². The molecule has 2 amide bonds. The molecule has 0 spiro atoms. The van der Waals surface area contributed by atoms with Crippen molar-refractivity contribution in [3.63, 3.8) is 0 Å². The summed E-state index contributed by atoms with van der Waals surface area (Å²) in [4.78, 5) is 13.8. The van der Waals surface area contributed by atoms with Crippen molar-refractivity contribution in [2.75, 3.05) is 26.2 Å². The van der Waals surface area contributed by atoms with Crippen LogP contribution in [0.1, 0.15) is 44.6 Å². The minimum absolute atomic E-state index is 0.0363. The first kappa shape index (κ1) is 15.7. The molecule has 116 valence electrons. The van der Waals surface area contributed by atoms with Gasteiger partial charge < -0.3 is 15.0 Å². The number of ether oxygens (including phenoxy) is 1. The monoisotopic (exact) mass is 290 g/mol. The van der Waals surface area contributed by atoms with Gasteiger partial charge >= 0.3 is 6.03 Å². The van der Waals surface area contributed by atoms with E-state index in [9.17, 15) is 4.79 Å². The summed E-state index contributed by atoms with van der Waals surface area (Å²) in [5.74, 6) is 1.36. The Labute approximate surface area is 127 Å². The standard InChI is InChI=1S/C17H26N2O2/c1-14(2)15-7-6-8-16(13-15)21-12-9-18-17(20)19-10-4-3-5-11-19/h6-8,13-14H,3-5,9-12H2,1-2H3,(H,18,20). The van der Waals surface area contributed by atoms with Gasteiger partial charge in [-0.1, -0.05) is 26.0 Å². The van der Waals surface area contributed by atoms with Crippen LogP contribution in [0.3, 0.4) is 0 Å². The molecule has 1 N–H and O–H groups in total. The lowest BCUT2D eigenvalue weighted by Gasteiger charge is -2.26. The Morgan fingerprint density at radius 2 is 2.05 bits per heavy atom. The lowest BCUT2D eigenvalue weighted by Crippen LogP contribution is -2.43. The number of nitrogens with zero attached hydrogens (tertiary/aromatic N) is 1. The van der Waals surface area contributed by atoms with Crippen LogP contribution in [-0.4, -0.2) is 37.2 Å². The molecule has 4 heteroatoms. The Bertz CT molecular complexity index is 454. The molecular formula is C17H26N2O2. The molecule has 0 bridgehead atoms. The summed E-state index contributed by atoms with van der Waals surface area (Å²) in [5, 5.41) is 2.92. The van der Waals surface area contributed by atoms with Crippen molar-refractivity contribution < 1.29 is 9.53 Å². The first-order chi connectivity index (χ1) is 10.2. The van der Waals surface area contributed by atoms with Crippen molar-refractivity contribution in [2.24, 2.45) is 0 Å². The van der Waals surface area contributed by atoms with Gasteiger partial charge in [-0.3, -0.25) is 0 Å². The van der Waals surface area contributed by atoms with Crippen LogP contribution < -0.4 is 10.1 Å². The third kappa shape index (κ3) is 4.96. The number of nitrogens with one attached hydrogen (secondary N) is 1. The molecule has 1 saturated heterocycles. The molecule has 0 aliphatic carbocycles. The molecule has 1 heterocycles. The van der Waals surface area contributed by atoms with Crippen LogP contribution in [0.25, 0.3) is 0 Å². The van der Waals surface area contributed by atoms with Crippen molar-refractivity contribution >= 4 is 6.03 Å². The smallest absolute Gasteiger partial charge is 0.317 e. The van der Waals surface area contributed by atoms with E-state index < -0.39 is 0 Å². The highest BCUT2D eigenvalue weighted by atomic mass is 16.5. The average molecular weight is 290 g/mol. The molecule has 0 atom stereocenters. The number of likely N-dealkylation sites (tertiary alicyclic amines) is 1. The van der Waals surface area contributed by atoms with Crippen molar-refractivity contribution in [3.8, 4) is 5.75 Å². The SMILES string of the molecule is CC(C)c1cccc(OCCNC(=O)N2CCCCC2)c1. The molecule has 4 nitrogen and oxygen atoms in total. The summed E-state index contributed by atoms with van der Waals surface area (Å²) < 4.78 is 5.70. The van der Waals surface area contributed by atoms with Gasteiger partial charge in [-0.2, -0.15) is 0 Å². The normalized spacial score (nSPS) is 15.1. The Hall–Kier alpha value is -1.71. The third-order valence-electron chi connectivity index (χ3n) is 3.82. The maximum Gasteiger partial charge on any atom is 0.317 e. The fourth-order valence-corrected chi connectivity index (χ4v) is 2.50. The number of rotatable bonds is 5. The second kappa shape index (κ2) is 7.91. The fraction of sp³-hybridized carbons (Fsp3) is 0.588. The lowest BCUT2D eigenvalue weighted by molar-refractivity contribution is 0.184. The number of carbonyl (C=O) groups excluding carboxylic acids is 1. The number of urea groups is 1. The molecule has 2 rings (SSSR count). The fourth-order valence-electron chi connectivity index (χ4n) is 2.50. The number of carbonyl (C=O) groups is 1. The summed E-state index contributed by atoms with van der Waals surface area (Å²) in [5.41, 5.74) is 1.27. The zero-order valence-electron chi connectivity index (χ0n) is 13.1. The third-order valence-corrected chi connectivity index (χ3v) is 3.82.